The summed E-state index contributed by atoms with van der Waals surface area (Å²) in [4.78, 5) is 26.0. The number of Topliss-reactive ketones (excluding diaryl/α,β-unsaturated/α-hetero) is 1. The van der Waals surface area contributed by atoms with Crippen molar-refractivity contribution >= 4 is 23.3 Å². The smallest absolute Gasteiger partial charge is 0.251 e. The van der Waals surface area contributed by atoms with Crippen molar-refractivity contribution in [3.05, 3.63) is 214 Å². The summed E-state index contributed by atoms with van der Waals surface area (Å²) in [5.74, 6) is -0.515. The standard InChI is InChI=1S/C50H48ClNO7/c51-44-27-26-41(28-42(44)29-43(53)30-52-50(54)40-24-14-5-15-25-40)46-48(57-33-38-20-10-3-11-21-38)49(58-34-39-22-12-4-13-23-39)47(56-32-37-18-8-2-9-19-37)45(59-46)35-55-31-36-16-6-1-7-17-36/h1-28,45-49H,29-35H2,(H,52,54)/t45-,46+,47-,48+,49+/m1/s1. The number of halogens is 1. The van der Waals surface area contributed by atoms with Gasteiger partial charge < -0.3 is 29.0 Å². The minimum atomic E-state index is -0.676. The van der Waals surface area contributed by atoms with Crippen LogP contribution in [0.1, 0.15) is 49.8 Å². The Labute approximate surface area is 351 Å². The molecule has 1 heterocycles. The first-order valence-corrected chi connectivity index (χ1v) is 20.2. The maximum atomic E-state index is 13.3. The molecule has 7 rings (SSSR count). The summed E-state index contributed by atoms with van der Waals surface area (Å²) >= 11 is 6.76. The van der Waals surface area contributed by atoms with Crippen LogP contribution in [0.4, 0.5) is 0 Å². The molecule has 6 aromatic rings. The molecular weight excluding hydrogens is 762 g/mol. The molecular formula is C50H48ClNO7. The SMILES string of the molecule is O=C(CNC(=O)c1ccccc1)Cc1cc([C@@H]2O[C@H](COCc3ccccc3)[C@@H](OCc3ccccc3)[C@H](OCc3ccccc3)[C@H]2OCc2ccccc2)ccc1Cl. The summed E-state index contributed by atoms with van der Waals surface area (Å²) in [5.41, 5.74) is 5.88. The van der Waals surface area contributed by atoms with Crippen molar-refractivity contribution in [3.8, 4) is 0 Å². The summed E-state index contributed by atoms with van der Waals surface area (Å²) in [6, 6.07) is 54.4. The minimum absolute atomic E-state index is 0.00433. The van der Waals surface area contributed by atoms with Crippen LogP contribution < -0.4 is 5.32 Å². The second kappa shape index (κ2) is 21.5. The first kappa shape index (κ1) is 41.7. The molecule has 0 aliphatic carbocycles. The van der Waals surface area contributed by atoms with E-state index in [1.165, 1.54) is 0 Å². The third kappa shape index (κ3) is 12.1. The largest absolute Gasteiger partial charge is 0.374 e. The number of carbonyl (C=O) groups excluding carboxylic acids is 2. The van der Waals surface area contributed by atoms with Gasteiger partial charge in [-0.25, -0.2) is 0 Å². The quantitative estimate of drug-likeness (QED) is 0.0873. The number of ketones is 1. The molecule has 1 amide bonds. The van der Waals surface area contributed by atoms with E-state index in [1.807, 2.05) is 140 Å². The van der Waals surface area contributed by atoms with Crippen molar-refractivity contribution < 1.29 is 33.3 Å². The van der Waals surface area contributed by atoms with E-state index in [0.29, 0.717) is 36.0 Å². The third-order valence-corrected chi connectivity index (χ3v) is 10.5. The van der Waals surface area contributed by atoms with Crippen molar-refractivity contribution in [3.63, 3.8) is 0 Å². The van der Waals surface area contributed by atoms with Crippen molar-refractivity contribution in [1.29, 1.82) is 0 Å². The van der Waals surface area contributed by atoms with Gasteiger partial charge in [0.05, 0.1) is 39.6 Å². The lowest BCUT2D eigenvalue weighted by Crippen LogP contribution is -2.58. The number of rotatable bonds is 19. The predicted octanol–water partition coefficient (Wildman–Crippen LogP) is 9.29. The Morgan fingerprint density at radius 2 is 1.03 bits per heavy atom. The van der Waals surface area contributed by atoms with Gasteiger partial charge >= 0.3 is 0 Å². The van der Waals surface area contributed by atoms with E-state index in [0.717, 1.165) is 27.8 Å². The van der Waals surface area contributed by atoms with Crippen molar-refractivity contribution in [2.24, 2.45) is 0 Å². The second-order valence-corrected chi connectivity index (χ2v) is 14.9. The Morgan fingerprint density at radius 1 is 0.559 bits per heavy atom. The average Bonchev–Trinajstić information content (AvgIpc) is 3.29. The molecule has 0 aromatic heterocycles. The lowest BCUT2D eigenvalue weighted by atomic mass is 9.89. The lowest BCUT2D eigenvalue weighted by Gasteiger charge is -2.46. The van der Waals surface area contributed by atoms with E-state index < -0.39 is 30.5 Å². The highest BCUT2D eigenvalue weighted by molar-refractivity contribution is 6.31. The number of hydrogen-bond donors (Lipinski definition) is 1. The van der Waals surface area contributed by atoms with Crippen LogP contribution in [0.2, 0.25) is 5.02 Å². The van der Waals surface area contributed by atoms with Crippen LogP contribution in [0, 0.1) is 0 Å². The van der Waals surface area contributed by atoms with Crippen molar-refractivity contribution in [2.45, 2.75) is 63.4 Å². The van der Waals surface area contributed by atoms with E-state index >= 15 is 0 Å². The number of amides is 1. The highest BCUT2D eigenvalue weighted by Gasteiger charge is 2.49. The predicted molar refractivity (Wildman–Crippen MR) is 228 cm³/mol. The number of carbonyl (C=O) groups is 2. The third-order valence-electron chi connectivity index (χ3n) is 10.2. The zero-order chi connectivity index (χ0) is 40.7. The molecule has 9 heteroatoms. The number of hydrogen-bond acceptors (Lipinski definition) is 7. The van der Waals surface area contributed by atoms with Gasteiger partial charge in [0.2, 0.25) is 0 Å². The van der Waals surface area contributed by atoms with E-state index in [4.69, 9.17) is 35.3 Å². The Balaban J connectivity index is 1.21. The zero-order valence-electron chi connectivity index (χ0n) is 32.7. The summed E-state index contributed by atoms with van der Waals surface area (Å²) in [7, 11) is 0. The number of nitrogens with one attached hydrogen (secondary N) is 1. The van der Waals surface area contributed by atoms with Gasteiger partial charge in [-0.2, -0.15) is 0 Å². The molecule has 0 unspecified atom stereocenters. The van der Waals surface area contributed by atoms with Crippen molar-refractivity contribution in [2.75, 3.05) is 13.2 Å². The molecule has 1 N–H and O–H groups in total. The summed E-state index contributed by atoms with van der Waals surface area (Å²) in [5, 5.41) is 3.16. The lowest BCUT2D eigenvalue weighted by molar-refractivity contribution is -0.275. The van der Waals surface area contributed by atoms with Gasteiger partial charge in [-0.05, 0) is 51.6 Å². The molecule has 0 saturated carbocycles. The second-order valence-electron chi connectivity index (χ2n) is 14.5. The molecule has 59 heavy (non-hydrogen) atoms. The van der Waals surface area contributed by atoms with Crippen molar-refractivity contribution in [1.82, 2.24) is 5.32 Å². The Kier molecular flexibility index (Phi) is 15.2. The van der Waals surface area contributed by atoms with Gasteiger partial charge in [-0.1, -0.05) is 163 Å². The van der Waals surface area contributed by atoms with Crippen LogP contribution in [0.15, 0.2) is 170 Å². The fourth-order valence-corrected chi connectivity index (χ4v) is 7.29. The van der Waals surface area contributed by atoms with Crippen LogP contribution >= 0.6 is 11.6 Å². The van der Waals surface area contributed by atoms with Gasteiger partial charge in [0.1, 0.15) is 30.5 Å². The first-order chi connectivity index (χ1) is 29.0. The van der Waals surface area contributed by atoms with Gasteiger partial charge in [-0.15, -0.1) is 0 Å². The van der Waals surface area contributed by atoms with Gasteiger partial charge in [0.25, 0.3) is 5.91 Å². The monoisotopic (exact) mass is 809 g/mol. The molecule has 1 aliphatic heterocycles. The molecule has 1 aliphatic rings. The van der Waals surface area contributed by atoms with Crippen LogP contribution in [-0.2, 0) is 61.3 Å². The zero-order valence-corrected chi connectivity index (χ0v) is 33.5. The summed E-state index contributed by atoms with van der Waals surface area (Å²) < 4.78 is 34.1. The van der Waals surface area contributed by atoms with Crippen LogP contribution in [0.3, 0.4) is 0 Å². The van der Waals surface area contributed by atoms with Gasteiger partial charge in [0, 0.05) is 17.0 Å². The summed E-state index contributed by atoms with van der Waals surface area (Å²) in [6.07, 6.45) is -3.15. The Morgan fingerprint density at radius 3 is 1.58 bits per heavy atom. The van der Waals surface area contributed by atoms with Gasteiger partial charge in [-0.3, -0.25) is 9.59 Å². The number of benzene rings is 6. The fraction of sp³-hybridized carbons (Fsp3) is 0.240. The van der Waals surface area contributed by atoms with E-state index in [9.17, 15) is 9.59 Å². The van der Waals surface area contributed by atoms with E-state index in [2.05, 4.69) is 5.32 Å². The van der Waals surface area contributed by atoms with Crippen LogP contribution in [0.5, 0.6) is 0 Å². The molecule has 8 nitrogen and oxygen atoms in total. The summed E-state index contributed by atoms with van der Waals surface area (Å²) in [6.45, 7) is 1.36. The minimum Gasteiger partial charge on any atom is -0.374 e. The van der Waals surface area contributed by atoms with Crippen LogP contribution in [-0.4, -0.2) is 49.3 Å². The Hall–Kier alpha value is -5.45. The maximum absolute atomic E-state index is 13.3. The van der Waals surface area contributed by atoms with Gasteiger partial charge in [0.15, 0.2) is 5.78 Å². The van der Waals surface area contributed by atoms with E-state index in [1.54, 1.807) is 30.3 Å². The topological polar surface area (TPSA) is 92.3 Å². The molecule has 0 bridgehead atoms. The molecule has 0 radical (unpaired) electrons. The molecule has 1 saturated heterocycles. The van der Waals surface area contributed by atoms with E-state index in [-0.39, 0.29) is 37.9 Å². The molecule has 6 aromatic carbocycles. The Bertz CT molecular complexity index is 2190. The molecule has 302 valence electrons. The molecule has 0 spiro atoms. The highest BCUT2D eigenvalue weighted by Crippen LogP contribution is 2.39. The highest BCUT2D eigenvalue weighted by atomic mass is 35.5. The normalized spacial score (nSPS) is 18.9. The molecule has 1 fully saturated rings. The average molecular weight is 810 g/mol. The molecule has 5 atom stereocenters. The maximum Gasteiger partial charge on any atom is 0.251 e. The van der Waals surface area contributed by atoms with Crippen LogP contribution in [0.25, 0.3) is 0 Å². The number of ether oxygens (including phenoxy) is 5. The fourth-order valence-electron chi connectivity index (χ4n) is 7.11. The first-order valence-electron chi connectivity index (χ1n) is 19.9.